The van der Waals surface area contributed by atoms with Crippen LogP contribution < -0.4 is 0 Å². The zero-order chi connectivity index (χ0) is 7.44. The predicted molar refractivity (Wildman–Crippen MR) is 43.9 cm³/mol. The number of alkyl halides is 1. The van der Waals surface area contributed by atoms with E-state index in [0.29, 0.717) is 0 Å². The standard InChI is InChI=1S/C8H13Cl/c1-6(2)5-8(9)7(3)4/h8H,1,3,5H2,2,4H3. The van der Waals surface area contributed by atoms with Gasteiger partial charge in [-0.2, -0.15) is 0 Å². The maximum atomic E-state index is 5.85. The smallest absolute Gasteiger partial charge is 0.0576 e. The Morgan fingerprint density at radius 2 is 1.89 bits per heavy atom. The van der Waals surface area contributed by atoms with E-state index in [1.165, 1.54) is 0 Å². The van der Waals surface area contributed by atoms with Gasteiger partial charge in [-0.15, -0.1) is 18.2 Å². The van der Waals surface area contributed by atoms with Gasteiger partial charge in [-0.25, -0.2) is 0 Å². The van der Waals surface area contributed by atoms with Gasteiger partial charge in [0.05, 0.1) is 5.38 Å². The van der Waals surface area contributed by atoms with Gasteiger partial charge in [0.25, 0.3) is 0 Å². The Morgan fingerprint density at radius 1 is 1.44 bits per heavy atom. The molecule has 0 aromatic heterocycles. The fraction of sp³-hybridized carbons (Fsp3) is 0.500. The highest BCUT2D eigenvalue weighted by molar-refractivity contribution is 6.22. The van der Waals surface area contributed by atoms with Crippen molar-refractivity contribution < 1.29 is 0 Å². The highest BCUT2D eigenvalue weighted by Crippen LogP contribution is 2.14. The summed E-state index contributed by atoms with van der Waals surface area (Å²) < 4.78 is 0. The van der Waals surface area contributed by atoms with Crippen molar-refractivity contribution >= 4 is 11.6 Å². The first-order valence-corrected chi connectivity index (χ1v) is 3.41. The second-order valence-corrected chi connectivity index (χ2v) is 3.00. The Balaban J connectivity index is 3.63. The molecule has 0 N–H and O–H groups in total. The molecule has 0 spiro atoms. The Hall–Kier alpha value is -0.230. The van der Waals surface area contributed by atoms with Crippen LogP contribution in [0.2, 0.25) is 0 Å². The summed E-state index contributed by atoms with van der Waals surface area (Å²) in [6.07, 6.45) is 0.844. The van der Waals surface area contributed by atoms with Crippen LogP contribution in [0.1, 0.15) is 20.3 Å². The molecular formula is C8H13Cl. The maximum absolute atomic E-state index is 5.85. The lowest BCUT2D eigenvalue weighted by molar-refractivity contribution is 0.941. The average molecular weight is 145 g/mol. The van der Waals surface area contributed by atoms with Gasteiger partial charge in [-0.05, 0) is 20.3 Å². The van der Waals surface area contributed by atoms with E-state index >= 15 is 0 Å². The zero-order valence-corrected chi connectivity index (χ0v) is 6.83. The number of allylic oxidation sites excluding steroid dienone is 2. The molecule has 0 aliphatic heterocycles. The third-order valence-electron chi connectivity index (χ3n) is 1.06. The van der Waals surface area contributed by atoms with E-state index in [2.05, 4.69) is 13.2 Å². The van der Waals surface area contributed by atoms with Crippen molar-refractivity contribution in [2.45, 2.75) is 25.6 Å². The molecule has 0 saturated heterocycles. The van der Waals surface area contributed by atoms with Crippen LogP contribution in [0.3, 0.4) is 0 Å². The highest BCUT2D eigenvalue weighted by atomic mass is 35.5. The minimum atomic E-state index is 0.0718. The lowest BCUT2D eigenvalue weighted by Crippen LogP contribution is -1.98. The van der Waals surface area contributed by atoms with Gasteiger partial charge in [0.2, 0.25) is 0 Å². The predicted octanol–water partition coefficient (Wildman–Crippen LogP) is 3.14. The topological polar surface area (TPSA) is 0 Å². The molecule has 0 amide bonds. The zero-order valence-electron chi connectivity index (χ0n) is 6.08. The highest BCUT2D eigenvalue weighted by Gasteiger charge is 2.03. The van der Waals surface area contributed by atoms with Gasteiger partial charge in [-0.1, -0.05) is 17.7 Å². The maximum Gasteiger partial charge on any atom is 0.0576 e. The van der Waals surface area contributed by atoms with E-state index in [0.717, 1.165) is 17.6 Å². The molecule has 0 aliphatic rings. The molecule has 0 aromatic rings. The minimum absolute atomic E-state index is 0.0718. The lowest BCUT2D eigenvalue weighted by Gasteiger charge is -2.06. The summed E-state index contributed by atoms with van der Waals surface area (Å²) in [6, 6.07) is 0. The Morgan fingerprint density at radius 3 is 2.00 bits per heavy atom. The number of rotatable bonds is 3. The van der Waals surface area contributed by atoms with Gasteiger partial charge in [0.15, 0.2) is 0 Å². The van der Waals surface area contributed by atoms with Crippen LogP contribution in [0.4, 0.5) is 0 Å². The largest absolute Gasteiger partial charge is 0.118 e. The van der Waals surface area contributed by atoms with Crippen LogP contribution in [0.15, 0.2) is 24.3 Å². The molecule has 0 bridgehead atoms. The molecule has 0 aliphatic carbocycles. The van der Waals surface area contributed by atoms with Crippen molar-refractivity contribution in [2.24, 2.45) is 0 Å². The monoisotopic (exact) mass is 144 g/mol. The van der Waals surface area contributed by atoms with Gasteiger partial charge in [-0.3, -0.25) is 0 Å². The Kier molecular flexibility index (Phi) is 3.64. The van der Waals surface area contributed by atoms with Crippen LogP contribution in [-0.2, 0) is 0 Å². The summed E-state index contributed by atoms with van der Waals surface area (Å²) in [6.45, 7) is 11.4. The molecule has 9 heavy (non-hydrogen) atoms. The van der Waals surface area contributed by atoms with Crippen LogP contribution >= 0.6 is 11.6 Å². The summed E-state index contributed by atoms with van der Waals surface area (Å²) in [5.41, 5.74) is 2.12. The summed E-state index contributed by atoms with van der Waals surface area (Å²) in [5, 5.41) is 0.0718. The van der Waals surface area contributed by atoms with Crippen molar-refractivity contribution in [1.29, 1.82) is 0 Å². The van der Waals surface area contributed by atoms with Crippen LogP contribution in [-0.4, -0.2) is 5.38 Å². The van der Waals surface area contributed by atoms with Crippen LogP contribution in [0.5, 0.6) is 0 Å². The summed E-state index contributed by atoms with van der Waals surface area (Å²) >= 11 is 5.85. The normalized spacial score (nSPS) is 12.8. The minimum Gasteiger partial charge on any atom is -0.118 e. The molecule has 1 atom stereocenters. The second-order valence-electron chi connectivity index (χ2n) is 2.48. The van der Waals surface area contributed by atoms with Crippen molar-refractivity contribution in [3.63, 3.8) is 0 Å². The number of hydrogen-bond acceptors (Lipinski definition) is 0. The van der Waals surface area contributed by atoms with Crippen LogP contribution in [0.25, 0.3) is 0 Å². The molecule has 0 nitrogen and oxygen atoms in total. The SMILES string of the molecule is C=C(C)CC(Cl)C(=C)C. The van der Waals surface area contributed by atoms with Gasteiger partial charge >= 0.3 is 0 Å². The van der Waals surface area contributed by atoms with Gasteiger partial charge in [0, 0.05) is 0 Å². The Bertz CT molecular complexity index is 125. The number of hydrogen-bond donors (Lipinski definition) is 0. The lowest BCUT2D eigenvalue weighted by atomic mass is 10.1. The first-order chi connectivity index (χ1) is 4.04. The van der Waals surface area contributed by atoms with Gasteiger partial charge in [0.1, 0.15) is 0 Å². The van der Waals surface area contributed by atoms with Crippen molar-refractivity contribution in [3.05, 3.63) is 24.3 Å². The van der Waals surface area contributed by atoms with Crippen LogP contribution in [0, 0.1) is 0 Å². The van der Waals surface area contributed by atoms with Crippen molar-refractivity contribution in [2.75, 3.05) is 0 Å². The number of halogens is 1. The summed E-state index contributed by atoms with van der Waals surface area (Å²) in [7, 11) is 0. The van der Waals surface area contributed by atoms with E-state index in [-0.39, 0.29) is 5.38 Å². The van der Waals surface area contributed by atoms with E-state index in [9.17, 15) is 0 Å². The Labute approximate surface area is 62.2 Å². The summed E-state index contributed by atoms with van der Waals surface area (Å²) in [5.74, 6) is 0. The molecule has 0 radical (unpaired) electrons. The van der Waals surface area contributed by atoms with Crippen molar-refractivity contribution in [1.82, 2.24) is 0 Å². The van der Waals surface area contributed by atoms with E-state index in [1.54, 1.807) is 0 Å². The van der Waals surface area contributed by atoms with E-state index in [1.807, 2.05) is 13.8 Å². The molecule has 1 heteroatoms. The quantitative estimate of drug-likeness (QED) is 0.422. The molecule has 52 valence electrons. The molecule has 0 aromatic carbocycles. The fourth-order valence-electron chi connectivity index (χ4n) is 0.480. The van der Waals surface area contributed by atoms with Gasteiger partial charge < -0.3 is 0 Å². The molecular weight excluding hydrogens is 132 g/mol. The third kappa shape index (κ3) is 4.28. The molecule has 0 fully saturated rings. The fourth-order valence-corrected chi connectivity index (χ4v) is 0.744. The summed E-state index contributed by atoms with van der Waals surface area (Å²) in [4.78, 5) is 0. The first-order valence-electron chi connectivity index (χ1n) is 2.98. The molecule has 1 unspecified atom stereocenters. The first kappa shape index (κ1) is 8.77. The second kappa shape index (κ2) is 3.73. The molecule has 0 saturated carbocycles. The average Bonchev–Trinajstić information content (AvgIpc) is 1.63. The third-order valence-corrected chi connectivity index (χ3v) is 1.59. The molecule has 0 heterocycles. The van der Waals surface area contributed by atoms with Crippen molar-refractivity contribution in [3.8, 4) is 0 Å². The molecule has 0 rings (SSSR count). The van der Waals surface area contributed by atoms with E-state index in [4.69, 9.17) is 11.6 Å². The van der Waals surface area contributed by atoms with E-state index < -0.39 is 0 Å².